The number of amides is 3. The third-order valence-electron chi connectivity index (χ3n) is 8.07. The number of aromatic nitrogens is 2. The number of rotatable bonds is 10. The summed E-state index contributed by atoms with van der Waals surface area (Å²) < 4.78 is 1.55. The van der Waals surface area contributed by atoms with Crippen LogP contribution in [0.5, 0.6) is 0 Å². The normalized spacial score (nSPS) is 23.6. The van der Waals surface area contributed by atoms with Crippen LogP contribution in [0.2, 0.25) is 0 Å². The van der Waals surface area contributed by atoms with E-state index in [1.807, 2.05) is 6.92 Å². The van der Waals surface area contributed by atoms with E-state index in [0.29, 0.717) is 18.8 Å². The first kappa shape index (κ1) is 26.6. The average Bonchev–Trinajstić information content (AvgIpc) is 3.54. The second-order valence-electron chi connectivity index (χ2n) is 10.6. The number of nitrogens with zero attached hydrogens (tertiary/aromatic N) is 5. The zero-order valence-electron chi connectivity index (χ0n) is 22.2. The molecule has 200 valence electrons. The van der Waals surface area contributed by atoms with E-state index >= 15 is 0 Å². The number of carbonyl (C=O) groups excluding carboxylic acids is 3. The number of nitrogens with one attached hydrogen (secondary N) is 2. The third-order valence-corrected chi connectivity index (χ3v) is 8.07. The Hall–Kier alpha value is -2.46. The van der Waals surface area contributed by atoms with Crippen LogP contribution in [0.3, 0.4) is 0 Å². The van der Waals surface area contributed by atoms with Gasteiger partial charge in [0.2, 0.25) is 5.91 Å². The summed E-state index contributed by atoms with van der Waals surface area (Å²) in [5.41, 5.74) is -0.439. The van der Waals surface area contributed by atoms with Gasteiger partial charge < -0.3 is 20.4 Å². The van der Waals surface area contributed by atoms with Gasteiger partial charge in [-0.2, -0.15) is 5.10 Å². The molecule has 0 aromatic carbocycles. The van der Waals surface area contributed by atoms with Gasteiger partial charge in [-0.05, 0) is 32.7 Å². The Kier molecular flexibility index (Phi) is 8.66. The summed E-state index contributed by atoms with van der Waals surface area (Å²) in [5, 5.41) is 10.6. The number of hydrogen-bond acceptors (Lipinski definition) is 6. The Bertz CT molecular complexity index is 934. The van der Waals surface area contributed by atoms with Crippen molar-refractivity contribution in [2.45, 2.75) is 77.4 Å². The maximum absolute atomic E-state index is 13.5. The van der Waals surface area contributed by atoms with Crippen LogP contribution >= 0.6 is 0 Å². The molecule has 1 saturated heterocycles. The topological polar surface area (TPSA) is 103 Å². The lowest BCUT2D eigenvalue weighted by Gasteiger charge is -2.43. The predicted octanol–water partition coefficient (Wildman–Crippen LogP) is 1.32. The molecule has 3 heterocycles. The largest absolute Gasteiger partial charge is 0.351 e. The SMILES string of the molecule is CCCCN1C(=O)c2cc(C(=O)NCCN3CCN(CC)CC3)nn2CC1(C)C(=O)NC1CCCC1. The molecule has 1 atom stereocenters. The van der Waals surface area contributed by atoms with Crippen molar-refractivity contribution >= 4 is 17.7 Å². The minimum absolute atomic E-state index is 0.130. The van der Waals surface area contributed by atoms with E-state index in [1.165, 1.54) is 0 Å². The molecule has 1 aromatic heterocycles. The van der Waals surface area contributed by atoms with E-state index in [9.17, 15) is 14.4 Å². The molecule has 1 aromatic rings. The molecule has 10 nitrogen and oxygen atoms in total. The molecule has 3 amide bonds. The van der Waals surface area contributed by atoms with E-state index in [1.54, 1.807) is 15.6 Å². The van der Waals surface area contributed by atoms with E-state index < -0.39 is 5.54 Å². The average molecular weight is 502 g/mol. The molecule has 2 aliphatic heterocycles. The monoisotopic (exact) mass is 501 g/mol. The molecule has 3 aliphatic rings. The lowest BCUT2D eigenvalue weighted by molar-refractivity contribution is -0.133. The van der Waals surface area contributed by atoms with Crippen LogP contribution in [-0.2, 0) is 11.3 Å². The van der Waals surface area contributed by atoms with E-state index in [2.05, 4.69) is 39.4 Å². The van der Waals surface area contributed by atoms with Crippen LogP contribution in [0.25, 0.3) is 0 Å². The van der Waals surface area contributed by atoms with E-state index in [0.717, 1.165) is 77.8 Å². The molecule has 2 N–H and O–H groups in total. The lowest BCUT2D eigenvalue weighted by Crippen LogP contribution is -2.65. The molecule has 0 spiro atoms. The Labute approximate surface area is 214 Å². The van der Waals surface area contributed by atoms with Crippen LogP contribution < -0.4 is 10.6 Å². The fraction of sp³-hybridized carbons (Fsp3) is 0.769. The van der Waals surface area contributed by atoms with Crippen LogP contribution in [0, 0.1) is 0 Å². The van der Waals surface area contributed by atoms with Crippen LogP contribution in [0.1, 0.15) is 80.3 Å². The van der Waals surface area contributed by atoms with Gasteiger partial charge in [-0.25, -0.2) is 0 Å². The Morgan fingerprint density at radius 1 is 1.08 bits per heavy atom. The summed E-state index contributed by atoms with van der Waals surface area (Å²) >= 11 is 0. The highest BCUT2D eigenvalue weighted by atomic mass is 16.2. The van der Waals surface area contributed by atoms with Gasteiger partial charge >= 0.3 is 0 Å². The van der Waals surface area contributed by atoms with Gasteiger partial charge in [0, 0.05) is 57.9 Å². The summed E-state index contributed by atoms with van der Waals surface area (Å²) in [5.74, 6) is -0.651. The highest BCUT2D eigenvalue weighted by Gasteiger charge is 2.48. The number of carbonyl (C=O) groups is 3. The summed E-state index contributed by atoms with van der Waals surface area (Å²) in [4.78, 5) is 46.3. The number of unbranched alkanes of at least 4 members (excludes halogenated alkanes) is 1. The number of hydrogen-bond donors (Lipinski definition) is 2. The highest BCUT2D eigenvalue weighted by Crippen LogP contribution is 2.29. The van der Waals surface area contributed by atoms with Crippen molar-refractivity contribution in [1.29, 1.82) is 0 Å². The molecule has 1 aliphatic carbocycles. The van der Waals surface area contributed by atoms with Crippen molar-refractivity contribution in [1.82, 2.24) is 35.1 Å². The Morgan fingerprint density at radius 3 is 2.44 bits per heavy atom. The maximum Gasteiger partial charge on any atom is 0.273 e. The molecule has 4 rings (SSSR count). The van der Waals surface area contributed by atoms with Crippen molar-refractivity contribution in [3.8, 4) is 0 Å². The van der Waals surface area contributed by atoms with E-state index in [-0.39, 0.29) is 36.0 Å². The number of fused-ring (bicyclic) bond motifs is 1. The zero-order valence-corrected chi connectivity index (χ0v) is 22.2. The van der Waals surface area contributed by atoms with Gasteiger partial charge in [-0.15, -0.1) is 0 Å². The van der Waals surface area contributed by atoms with Crippen molar-refractivity contribution in [2.24, 2.45) is 0 Å². The number of likely N-dealkylation sites (N-methyl/N-ethyl adjacent to an activating group) is 1. The second-order valence-corrected chi connectivity index (χ2v) is 10.6. The molecule has 0 bridgehead atoms. The molecule has 1 saturated carbocycles. The first-order valence-electron chi connectivity index (χ1n) is 13.8. The van der Waals surface area contributed by atoms with Crippen molar-refractivity contribution < 1.29 is 14.4 Å². The van der Waals surface area contributed by atoms with Crippen molar-refractivity contribution in [3.63, 3.8) is 0 Å². The van der Waals surface area contributed by atoms with Crippen molar-refractivity contribution in [3.05, 3.63) is 17.5 Å². The molecule has 0 radical (unpaired) electrons. The van der Waals surface area contributed by atoms with Gasteiger partial charge in [-0.3, -0.25) is 24.0 Å². The quantitative estimate of drug-likeness (QED) is 0.501. The van der Waals surface area contributed by atoms with Crippen LogP contribution in [0.15, 0.2) is 6.07 Å². The van der Waals surface area contributed by atoms with Gasteiger partial charge in [-0.1, -0.05) is 33.1 Å². The predicted molar refractivity (Wildman–Crippen MR) is 138 cm³/mol. The van der Waals surface area contributed by atoms with Crippen LogP contribution in [-0.4, -0.2) is 106 Å². The summed E-state index contributed by atoms with van der Waals surface area (Å²) in [6.07, 6.45) is 5.94. The summed E-state index contributed by atoms with van der Waals surface area (Å²) in [7, 11) is 0. The molecule has 10 heteroatoms. The van der Waals surface area contributed by atoms with E-state index in [4.69, 9.17) is 0 Å². The maximum atomic E-state index is 13.5. The van der Waals surface area contributed by atoms with Gasteiger partial charge in [0.25, 0.3) is 11.8 Å². The second kappa shape index (κ2) is 11.7. The highest BCUT2D eigenvalue weighted by molar-refractivity contribution is 6.01. The first-order chi connectivity index (χ1) is 17.4. The van der Waals surface area contributed by atoms with Crippen molar-refractivity contribution in [2.75, 3.05) is 52.4 Å². The number of piperazine rings is 1. The Balaban J connectivity index is 1.42. The van der Waals surface area contributed by atoms with Gasteiger partial charge in [0.15, 0.2) is 5.69 Å². The fourth-order valence-electron chi connectivity index (χ4n) is 5.58. The van der Waals surface area contributed by atoms with Crippen LogP contribution in [0.4, 0.5) is 0 Å². The minimum Gasteiger partial charge on any atom is -0.351 e. The molecular weight excluding hydrogens is 458 g/mol. The summed E-state index contributed by atoms with van der Waals surface area (Å²) in [6.45, 7) is 13.3. The summed E-state index contributed by atoms with van der Waals surface area (Å²) in [6, 6.07) is 1.74. The lowest BCUT2D eigenvalue weighted by atomic mass is 9.94. The molecule has 2 fully saturated rings. The smallest absolute Gasteiger partial charge is 0.273 e. The fourth-order valence-corrected chi connectivity index (χ4v) is 5.58. The first-order valence-corrected chi connectivity index (χ1v) is 13.8. The van der Waals surface area contributed by atoms with Gasteiger partial charge in [0.1, 0.15) is 11.2 Å². The molecule has 1 unspecified atom stereocenters. The molecule has 36 heavy (non-hydrogen) atoms. The molecular formula is C26H43N7O3. The zero-order chi connectivity index (χ0) is 25.7. The van der Waals surface area contributed by atoms with Gasteiger partial charge in [0.05, 0.1) is 6.54 Å². The Morgan fingerprint density at radius 2 is 1.78 bits per heavy atom. The minimum atomic E-state index is -1.04. The third kappa shape index (κ3) is 5.75. The standard InChI is InChI=1S/C26H43N7O3/c1-4-6-12-32-24(35)22-18-21(23(34)27-11-13-31-16-14-30(5-2)15-17-31)29-33(22)19-26(32,3)25(36)28-20-9-7-8-10-20/h18,20H,4-17,19H2,1-3H3,(H,27,34)(H,28,36).